The Labute approximate surface area is 115 Å². The van der Waals surface area contributed by atoms with E-state index in [1.54, 1.807) is 0 Å². The third-order valence-electron chi connectivity index (χ3n) is 5.39. The Kier molecular flexibility index (Phi) is 3.61. The summed E-state index contributed by atoms with van der Waals surface area (Å²) in [5.41, 5.74) is 6.25. The lowest BCUT2D eigenvalue weighted by atomic mass is 9.70. The monoisotopic (exact) mass is 262 g/mol. The minimum atomic E-state index is 0.0889. The fourth-order valence-corrected chi connectivity index (χ4v) is 3.91. The molecule has 0 aromatic carbocycles. The molecule has 0 spiro atoms. The molecule has 0 unspecified atom stereocenters. The molecule has 2 aliphatic rings. The maximum atomic E-state index is 6.16. The Morgan fingerprint density at radius 1 is 1.26 bits per heavy atom. The Hall–Kier alpha value is -0.900. The SMILES string of the molecule is CC1CCC(CN)(c2nncn2C2CCCC2)CC1. The van der Waals surface area contributed by atoms with Gasteiger partial charge in [0.15, 0.2) is 0 Å². The van der Waals surface area contributed by atoms with Crippen LogP contribution in [0, 0.1) is 5.92 Å². The molecule has 2 fully saturated rings. The molecule has 19 heavy (non-hydrogen) atoms. The van der Waals surface area contributed by atoms with E-state index in [2.05, 4.69) is 21.7 Å². The van der Waals surface area contributed by atoms with Gasteiger partial charge >= 0.3 is 0 Å². The van der Waals surface area contributed by atoms with Gasteiger partial charge in [0.2, 0.25) is 0 Å². The first-order valence-electron chi connectivity index (χ1n) is 7.85. The maximum absolute atomic E-state index is 6.16. The van der Waals surface area contributed by atoms with Crippen LogP contribution in [0.4, 0.5) is 0 Å². The molecular formula is C15H26N4. The lowest BCUT2D eigenvalue weighted by molar-refractivity contribution is 0.226. The van der Waals surface area contributed by atoms with E-state index in [1.165, 1.54) is 57.2 Å². The molecule has 4 heteroatoms. The minimum absolute atomic E-state index is 0.0889. The number of hydrogen-bond donors (Lipinski definition) is 1. The van der Waals surface area contributed by atoms with E-state index in [4.69, 9.17) is 5.73 Å². The number of nitrogens with two attached hydrogens (primary N) is 1. The van der Waals surface area contributed by atoms with Gasteiger partial charge in [-0.25, -0.2) is 0 Å². The fourth-order valence-electron chi connectivity index (χ4n) is 3.91. The second-order valence-corrected chi connectivity index (χ2v) is 6.67. The van der Waals surface area contributed by atoms with Crippen molar-refractivity contribution in [1.82, 2.24) is 14.8 Å². The molecule has 2 aliphatic carbocycles. The second kappa shape index (κ2) is 5.23. The number of rotatable bonds is 3. The van der Waals surface area contributed by atoms with Crippen molar-refractivity contribution in [2.75, 3.05) is 6.54 Å². The van der Waals surface area contributed by atoms with Crippen molar-refractivity contribution in [3.05, 3.63) is 12.2 Å². The van der Waals surface area contributed by atoms with Crippen LogP contribution >= 0.6 is 0 Å². The third kappa shape index (κ3) is 2.31. The largest absolute Gasteiger partial charge is 0.329 e. The molecule has 0 bridgehead atoms. The first-order chi connectivity index (χ1) is 9.25. The van der Waals surface area contributed by atoms with Crippen molar-refractivity contribution in [2.45, 2.75) is 69.7 Å². The second-order valence-electron chi connectivity index (χ2n) is 6.67. The highest BCUT2D eigenvalue weighted by molar-refractivity contribution is 5.12. The molecule has 0 amide bonds. The first-order valence-corrected chi connectivity index (χ1v) is 7.85. The molecule has 1 aromatic heterocycles. The van der Waals surface area contributed by atoms with Gasteiger partial charge in [-0.3, -0.25) is 0 Å². The first kappa shape index (κ1) is 13.1. The van der Waals surface area contributed by atoms with E-state index in [9.17, 15) is 0 Å². The van der Waals surface area contributed by atoms with Gasteiger partial charge in [-0.2, -0.15) is 0 Å². The van der Waals surface area contributed by atoms with Crippen molar-refractivity contribution in [3.8, 4) is 0 Å². The van der Waals surface area contributed by atoms with Crippen LogP contribution in [0.15, 0.2) is 6.33 Å². The van der Waals surface area contributed by atoms with E-state index in [1.807, 2.05) is 6.33 Å². The average Bonchev–Trinajstić information content (AvgIpc) is 3.11. The van der Waals surface area contributed by atoms with Crippen LogP contribution in [0.3, 0.4) is 0 Å². The van der Waals surface area contributed by atoms with E-state index < -0.39 is 0 Å². The summed E-state index contributed by atoms with van der Waals surface area (Å²) >= 11 is 0. The Morgan fingerprint density at radius 3 is 2.58 bits per heavy atom. The maximum Gasteiger partial charge on any atom is 0.140 e. The lowest BCUT2D eigenvalue weighted by Crippen LogP contribution is -2.41. The molecule has 2 saturated carbocycles. The number of nitrogens with zero attached hydrogens (tertiary/aromatic N) is 3. The smallest absolute Gasteiger partial charge is 0.140 e. The van der Waals surface area contributed by atoms with E-state index >= 15 is 0 Å². The summed E-state index contributed by atoms with van der Waals surface area (Å²) in [4.78, 5) is 0. The molecule has 2 N–H and O–H groups in total. The van der Waals surface area contributed by atoms with Gasteiger partial charge in [-0.1, -0.05) is 19.8 Å². The van der Waals surface area contributed by atoms with Gasteiger partial charge in [0.1, 0.15) is 12.2 Å². The highest BCUT2D eigenvalue weighted by Gasteiger charge is 2.39. The van der Waals surface area contributed by atoms with Crippen LogP contribution in [0.5, 0.6) is 0 Å². The highest BCUT2D eigenvalue weighted by atomic mass is 15.3. The predicted octanol–water partition coefficient (Wildman–Crippen LogP) is 2.80. The molecular weight excluding hydrogens is 236 g/mol. The molecule has 106 valence electrons. The van der Waals surface area contributed by atoms with Gasteiger partial charge in [0, 0.05) is 18.0 Å². The third-order valence-corrected chi connectivity index (χ3v) is 5.39. The summed E-state index contributed by atoms with van der Waals surface area (Å²) in [6, 6.07) is 0.618. The van der Waals surface area contributed by atoms with E-state index in [-0.39, 0.29) is 5.41 Å². The predicted molar refractivity (Wildman–Crippen MR) is 75.9 cm³/mol. The summed E-state index contributed by atoms with van der Waals surface area (Å²) in [5, 5.41) is 8.70. The van der Waals surface area contributed by atoms with E-state index in [0.29, 0.717) is 12.6 Å². The molecule has 0 radical (unpaired) electrons. The van der Waals surface area contributed by atoms with Crippen molar-refractivity contribution in [2.24, 2.45) is 11.7 Å². The summed E-state index contributed by atoms with van der Waals surface area (Å²) < 4.78 is 2.36. The molecule has 0 saturated heterocycles. The minimum Gasteiger partial charge on any atom is -0.329 e. The van der Waals surface area contributed by atoms with Crippen LogP contribution in [-0.4, -0.2) is 21.3 Å². The van der Waals surface area contributed by atoms with Gasteiger partial charge in [0.25, 0.3) is 0 Å². The van der Waals surface area contributed by atoms with Crippen molar-refractivity contribution in [1.29, 1.82) is 0 Å². The Morgan fingerprint density at radius 2 is 1.95 bits per heavy atom. The summed E-state index contributed by atoms with van der Waals surface area (Å²) in [5.74, 6) is 2.01. The fraction of sp³-hybridized carbons (Fsp3) is 0.867. The molecule has 1 aromatic rings. The molecule has 1 heterocycles. The zero-order chi connectivity index (χ0) is 13.3. The Bertz CT molecular complexity index is 412. The average molecular weight is 262 g/mol. The van der Waals surface area contributed by atoms with E-state index in [0.717, 1.165) is 5.92 Å². The molecule has 0 atom stereocenters. The van der Waals surface area contributed by atoms with Crippen molar-refractivity contribution >= 4 is 0 Å². The topological polar surface area (TPSA) is 56.7 Å². The van der Waals surface area contributed by atoms with Gasteiger partial charge in [-0.05, 0) is 44.4 Å². The molecule has 4 nitrogen and oxygen atoms in total. The van der Waals surface area contributed by atoms with Crippen molar-refractivity contribution in [3.63, 3.8) is 0 Å². The summed E-state index contributed by atoms with van der Waals surface area (Å²) in [6.45, 7) is 3.06. The number of aromatic nitrogens is 3. The van der Waals surface area contributed by atoms with Crippen LogP contribution in [0.2, 0.25) is 0 Å². The van der Waals surface area contributed by atoms with Crippen LogP contribution in [-0.2, 0) is 5.41 Å². The number of hydrogen-bond acceptors (Lipinski definition) is 3. The molecule has 0 aliphatic heterocycles. The lowest BCUT2D eigenvalue weighted by Gasteiger charge is -2.38. The van der Waals surface area contributed by atoms with Gasteiger partial charge < -0.3 is 10.3 Å². The normalized spacial score (nSPS) is 32.8. The standard InChI is InChI=1S/C15H26N4/c1-12-6-8-15(10-16,9-7-12)14-18-17-11-19(14)13-4-2-3-5-13/h11-13H,2-10,16H2,1H3. The zero-order valence-corrected chi connectivity index (χ0v) is 12.0. The summed E-state index contributed by atoms with van der Waals surface area (Å²) in [6.07, 6.45) is 12.1. The van der Waals surface area contributed by atoms with Crippen LogP contribution < -0.4 is 5.73 Å². The molecule has 3 rings (SSSR count). The van der Waals surface area contributed by atoms with Crippen LogP contribution in [0.1, 0.15) is 70.2 Å². The summed E-state index contributed by atoms with van der Waals surface area (Å²) in [7, 11) is 0. The van der Waals surface area contributed by atoms with Gasteiger partial charge in [-0.15, -0.1) is 10.2 Å². The van der Waals surface area contributed by atoms with Gasteiger partial charge in [0.05, 0.1) is 0 Å². The van der Waals surface area contributed by atoms with Crippen LogP contribution in [0.25, 0.3) is 0 Å². The zero-order valence-electron chi connectivity index (χ0n) is 12.0. The Balaban J connectivity index is 1.89. The highest BCUT2D eigenvalue weighted by Crippen LogP contribution is 2.42. The quantitative estimate of drug-likeness (QED) is 0.911. The van der Waals surface area contributed by atoms with Crippen molar-refractivity contribution < 1.29 is 0 Å².